The maximum atomic E-state index is 12.4. The molecule has 0 aliphatic carbocycles. The van der Waals surface area contributed by atoms with Crippen molar-refractivity contribution in [2.45, 2.75) is 58.5 Å². The van der Waals surface area contributed by atoms with Crippen molar-refractivity contribution >= 4 is 23.3 Å². The molecule has 0 unspecified atom stereocenters. The van der Waals surface area contributed by atoms with E-state index in [0.29, 0.717) is 13.0 Å². The molecular formula is C16H26N4O2S. The molecule has 1 aromatic rings. The number of urea groups is 1. The van der Waals surface area contributed by atoms with Gasteiger partial charge in [0.15, 0.2) is 0 Å². The average molecular weight is 338 g/mol. The summed E-state index contributed by atoms with van der Waals surface area (Å²) >= 11 is 1.60. The SMILES string of the molecule is Cc1nc(CCNC(=O)N[C@H](C)C(=O)N2CCCC[C@H]2C)cs1. The van der Waals surface area contributed by atoms with Crippen molar-refractivity contribution in [3.63, 3.8) is 0 Å². The summed E-state index contributed by atoms with van der Waals surface area (Å²) in [5, 5.41) is 8.54. The van der Waals surface area contributed by atoms with Gasteiger partial charge in [-0.25, -0.2) is 9.78 Å². The van der Waals surface area contributed by atoms with Gasteiger partial charge >= 0.3 is 6.03 Å². The highest BCUT2D eigenvalue weighted by Gasteiger charge is 2.27. The van der Waals surface area contributed by atoms with Crippen LogP contribution in [0.3, 0.4) is 0 Å². The molecule has 0 spiro atoms. The minimum Gasteiger partial charge on any atom is -0.338 e. The second-order valence-corrected chi connectivity index (χ2v) is 7.17. The first-order chi connectivity index (χ1) is 11.0. The molecule has 2 rings (SSSR count). The number of likely N-dealkylation sites (tertiary alicyclic amines) is 1. The van der Waals surface area contributed by atoms with E-state index < -0.39 is 6.04 Å². The largest absolute Gasteiger partial charge is 0.338 e. The fraction of sp³-hybridized carbons (Fsp3) is 0.688. The van der Waals surface area contributed by atoms with Crippen molar-refractivity contribution < 1.29 is 9.59 Å². The minimum atomic E-state index is -0.503. The van der Waals surface area contributed by atoms with Crippen LogP contribution in [0.4, 0.5) is 4.79 Å². The molecule has 2 heterocycles. The summed E-state index contributed by atoms with van der Waals surface area (Å²) in [7, 11) is 0. The molecule has 1 fully saturated rings. The summed E-state index contributed by atoms with van der Waals surface area (Å²) in [6, 6.07) is -0.545. The Labute approximate surface area is 141 Å². The Morgan fingerprint density at radius 3 is 2.91 bits per heavy atom. The van der Waals surface area contributed by atoms with Gasteiger partial charge in [0.1, 0.15) is 6.04 Å². The van der Waals surface area contributed by atoms with E-state index in [4.69, 9.17) is 0 Å². The summed E-state index contributed by atoms with van der Waals surface area (Å²) in [6.07, 6.45) is 3.95. The Bertz CT molecular complexity index is 546. The number of nitrogens with one attached hydrogen (secondary N) is 2. The standard InChI is InChI=1S/C16H26N4O2S/c1-11-6-4-5-9-20(11)15(21)12(2)18-16(22)17-8-7-14-10-23-13(3)19-14/h10-12H,4-9H2,1-3H3,(H2,17,18,22)/t11-,12-/m1/s1. The average Bonchev–Trinajstić information content (AvgIpc) is 2.92. The van der Waals surface area contributed by atoms with Crippen molar-refractivity contribution in [2.24, 2.45) is 0 Å². The second-order valence-electron chi connectivity index (χ2n) is 6.11. The second kappa shape index (κ2) is 8.29. The summed E-state index contributed by atoms with van der Waals surface area (Å²) in [5.41, 5.74) is 0.985. The molecule has 0 aromatic carbocycles. The number of thiazole rings is 1. The lowest BCUT2D eigenvalue weighted by molar-refractivity contribution is -0.136. The van der Waals surface area contributed by atoms with Gasteiger partial charge in [0, 0.05) is 30.9 Å². The molecule has 0 bridgehead atoms. The number of aromatic nitrogens is 1. The lowest BCUT2D eigenvalue weighted by atomic mass is 10.0. The Morgan fingerprint density at radius 2 is 2.26 bits per heavy atom. The number of hydrogen-bond donors (Lipinski definition) is 2. The predicted molar refractivity (Wildman–Crippen MR) is 91.6 cm³/mol. The first-order valence-electron chi connectivity index (χ1n) is 8.23. The normalized spacial score (nSPS) is 19.3. The van der Waals surface area contributed by atoms with Crippen LogP contribution in [-0.2, 0) is 11.2 Å². The van der Waals surface area contributed by atoms with Crippen LogP contribution in [-0.4, -0.2) is 47.0 Å². The van der Waals surface area contributed by atoms with Gasteiger partial charge in [0.05, 0.1) is 10.7 Å². The van der Waals surface area contributed by atoms with Crippen LogP contribution in [0.1, 0.15) is 43.8 Å². The van der Waals surface area contributed by atoms with Crippen molar-refractivity contribution in [3.8, 4) is 0 Å². The van der Waals surface area contributed by atoms with E-state index in [0.717, 1.165) is 30.1 Å². The fourth-order valence-corrected chi connectivity index (χ4v) is 3.46. The highest BCUT2D eigenvalue weighted by molar-refractivity contribution is 7.09. The summed E-state index contributed by atoms with van der Waals surface area (Å²) in [5.74, 6) is 0.00229. The quantitative estimate of drug-likeness (QED) is 0.863. The molecule has 7 heteroatoms. The number of rotatable bonds is 5. The van der Waals surface area contributed by atoms with Gasteiger partial charge in [-0.3, -0.25) is 4.79 Å². The van der Waals surface area contributed by atoms with E-state index in [2.05, 4.69) is 22.5 Å². The first kappa shape index (κ1) is 17.7. The Hall–Kier alpha value is -1.63. The lowest BCUT2D eigenvalue weighted by Crippen LogP contribution is -2.53. The summed E-state index contributed by atoms with van der Waals surface area (Å²) in [6.45, 7) is 7.07. The van der Waals surface area contributed by atoms with Crippen LogP contribution in [0.2, 0.25) is 0 Å². The van der Waals surface area contributed by atoms with Gasteiger partial charge in [-0.15, -0.1) is 11.3 Å². The maximum absolute atomic E-state index is 12.4. The zero-order valence-electron chi connectivity index (χ0n) is 14.1. The molecule has 1 saturated heterocycles. The number of nitrogens with zero attached hydrogens (tertiary/aromatic N) is 2. The molecule has 6 nitrogen and oxygen atoms in total. The molecule has 0 saturated carbocycles. The van der Waals surface area contributed by atoms with Crippen LogP contribution < -0.4 is 10.6 Å². The third-order valence-corrected chi connectivity index (χ3v) is 4.96. The molecule has 0 radical (unpaired) electrons. The Balaban J connectivity index is 1.72. The topological polar surface area (TPSA) is 74.3 Å². The predicted octanol–water partition coefficient (Wildman–Crippen LogP) is 2.08. The van der Waals surface area contributed by atoms with E-state index in [1.165, 1.54) is 6.42 Å². The van der Waals surface area contributed by atoms with Gasteiger partial charge in [-0.05, 0) is 40.0 Å². The van der Waals surface area contributed by atoms with E-state index in [1.54, 1.807) is 18.3 Å². The molecule has 1 aliphatic heterocycles. The van der Waals surface area contributed by atoms with Gasteiger partial charge in [-0.1, -0.05) is 0 Å². The highest BCUT2D eigenvalue weighted by Crippen LogP contribution is 2.17. The van der Waals surface area contributed by atoms with Crippen LogP contribution in [0.15, 0.2) is 5.38 Å². The molecule has 2 N–H and O–H groups in total. The molecule has 3 amide bonds. The maximum Gasteiger partial charge on any atom is 0.315 e. The number of carbonyl (C=O) groups is 2. The van der Waals surface area contributed by atoms with Gasteiger partial charge < -0.3 is 15.5 Å². The monoisotopic (exact) mass is 338 g/mol. The van der Waals surface area contributed by atoms with Crippen LogP contribution >= 0.6 is 11.3 Å². The van der Waals surface area contributed by atoms with E-state index in [1.807, 2.05) is 17.2 Å². The van der Waals surface area contributed by atoms with Gasteiger partial charge in [-0.2, -0.15) is 0 Å². The van der Waals surface area contributed by atoms with Crippen molar-refractivity contribution in [1.29, 1.82) is 0 Å². The van der Waals surface area contributed by atoms with Crippen molar-refractivity contribution in [1.82, 2.24) is 20.5 Å². The van der Waals surface area contributed by atoms with Gasteiger partial charge in [0.2, 0.25) is 5.91 Å². The smallest absolute Gasteiger partial charge is 0.315 e. The highest BCUT2D eigenvalue weighted by atomic mass is 32.1. The number of piperidine rings is 1. The van der Waals surface area contributed by atoms with Crippen LogP contribution in [0, 0.1) is 6.92 Å². The zero-order chi connectivity index (χ0) is 16.8. The molecule has 1 aliphatic rings. The summed E-state index contributed by atoms with van der Waals surface area (Å²) < 4.78 is 0. The van der Waals surface area contributed by atoms with E-state index >= 15 is 0 Å². The zero-order valence-corrected chi connectivity index (χ0v) is 14.9. The molecule has 2 atom stereocenters. The van der Waals surface area contributed by atoms with Gasteiger partial charge in [0.25, 0.3) is 0 Å². The third-order valence-electron chi connectivity index (χ3n) is 4.14. The summed E-state index contributed by atoms with van der Waals surface area (Å²) in [4.78, 5) is 30.6. The lowest BCUT2D eigenvalue weighted by Gasteiger charge is -2.35. The van der Waals surface area contributed by atoms with Crippen LogP contribution in [0.5, 0.6) is 0 Å². The molecular weight excluding hydrogens is 312 g/mol. The third kappa shape index (κ3) is 5.20. The number of carbonyl (C=O) groups excluding carboxylic acids is 2. The fourth-order valence-electron chi connectivity index (χ4n) is 2.81. The van der Waals surface area contributed by atoms with Crippen LogP contribution in [0.25, 0.3) is 0 Å². The Kier molecular flexibility index (Phi) is 6.38. The molecule has 23 heavy (non-hydrogen) atoms. The number of aryl methyl sites for hydroxylation is 1. The molecule has 1 aromatic heterocycles. The molecule has 128 valence electrons. The minimum absolute atomic E-state index is 0.00229. The van der Waals surface area contributed by atoms with E-state index in [9.17, 15) is 9.59 Å². The first-order valence-corrected chi connectivity index (χ1v) is 9.11. The number of hydrogen-bond acceptors (Lipinski definition) is 4. The van der Waals surface area contributed by atoms with Crippen molar-refractivity contribution in [3.05, 3.63) is 16.1 Å². The van der Waals surface area contributed by atoms with E-state index in [-0.39, 0.29) is 18.0 Å². The number of amides is 3. The Morgan fingerprint density at radius 1 is 1.48 bits per heavy atom. The van der Waals surface area contributed by atoms with Crippen molar-refractivity contribution in [2.75, 3.05) is 13.1 Å².